The molecule has 0 bridgehead atoms. The van der Waals surface area contributed by atoms with E-state index in [0.717, 1.165) is 5.92 Å². The fraction of sp³-hybridized carbons (Fsp3) is 0.545. The highest BCUT2D eigenvalue weighted by atomic mass is 15.0. The molecule has 0 aliphatic heterocycles. The molecule has 1 saturated carbocycles. The van der Waals surface area contributed by atoms with Crippen molar-refractivity contribution in [3.05, 3.63) is 24.0 Å². The van der Waals surface area contributed by atoms with Crippen molar-refractivity contribution in [2.45, 2.75) is 25.8 Å². The summed E-state index contributed by atoms with van der Waals surface area (Å²) in [6.07, 6.45) is 6.33. The molecule has 0 saturated heterocycles. The van der Waals surface area contributed by atoms with E-state index in [-0.39, 0.29) is 0 Å². The predicted molar refractivity (Wildman–Crippen MR) is 58.2 cm³/mol. The van der Waals surface area contributed by atoms with Crippen molar-refractivity contribution in [3.8, 4) is 0 Å². The van der Waals surface area contributed by atoms with Gasteiger partial charge >= 0.3 is 0 Å². The van der Waals surface area contributed by atoms with Crippen molar-refractivity contribution in [2.24, 2.45) is 11.7 Å². The zero-order valence-corrected chi connectivity index (χ0v) is 8.53. The first-order valence-electron chi connectivity index (χ1n) is 5.18. The molecule has 3 nitrogen and oxygen atoms in total. The molecule has 1 aromatic heterocycles. The third-order valence-electron chi connectivity index (χ3n) is 2.81. The molecular formula is C11H17N3. The molecule has 3 heteroatoms. The number of nitrogens with one attached hydrogen (secondary N) is 1. The summed E-state index contributed by atoms with van der Waals surface area (Å²) in [5.41, 5.74) is 8.09. The highest BCUT2D eigenvalue weighted by molar-refractivity contribution is 5.49. The quantitative estimate of drug-likeness (QED) is 0.759. The number of rotatable bonds is 4. The van der Waals surface area contributed by atoms with Gasteiger partial charge in [0.15, 0.2) is 0 Å². The number of anilines is 1. The van der Waals surface area contributed by atoms with E-state index in [1.807, 2.05) is 18.5 Å². The van der Waals surface area contributed by atoms with Crippen LogP contribution >= 0.6 is 0 Å². The maximum atomic E-state index is 5.73. The molecule has 2 rings (SSSR count). The van der Waals surface area contributed by atoms with Crippen LogP contribution in [0.1, 0.15) is 18.4 Å². The second kappa shape index (κ2) is 3.96. The third-order valence-corrected chi connectivity index (χ3v) is 2.81. The molecule has 1 atom stereocenters. The maximum absolute atomic E-state index is 5.73. The Labute approximate surface area is 84.7 Å². The Balaban J connectivity index is 2.04. The zero-order valence-electron chi connectivity index (χ0n) is 8.53. The van der Waals surface area contributed by atoms with E-state index in [9.17, 15) is 0 Å². The van der Waals surface area contributed by atoms with Crippen LogP contribution in [0.2, 0.25) is 0 Å². The van der Waals surface area contributed by atoms with Gasteiger partial charge in [0.25, 0.3) is 0 Å². The van der Waals surface area contributed by atoms with E-state index in [1.165, 1.54) is 24.1 Å². The monoisotopic (exact) mass is 191 g/mol. The number of hydrogen-bond donors (Lipinski definition) is 2. The second-order valence-electron chi connectivity index (χ2n) is 4.01. The molecule has 0 aromatic carbocycles. The van der Waals surface area contributed by atoms with Gasteiger partial charge in [-0.2, -0.15) is 0 Å². The average molecular weight is 191 g/mol. The summed E-state index contributed by atoms with van der Waals surface area (Å²) >= 11 is 0. The van der Waals surface area contributed by atoms with Gasteiger partial charge in [-0.1, -0.05) is 0 Å². The minimum atomic E-state index is 0.441. The summed E-state index contributed by atoms with van der Waals surface area (Å²) in [7, 11) is 0. The summed E-state index contributed by atoms with van der Waals surface area (Å²) in [4.78, 5) is 4.07. The van der Waals surface area contributed by atoms with Crippen molar-refractivity contribution in [2.75, 3.05) is 11.9 Å². The lowest BCUT2D eigenvalue weighted by atomic mass is 10.1. The lowest BCUT2D eigenvalue weighted by Crippen LogP contribution is -2.31. The minimum Gasteiger partial charge on any atom is -0.380 e. The smallest absolute Gasteiger partial charge is 0.0412 e. The highest BCUT2D eigenvalue weighted by Crippen LogP contribution is 2.34. The Morgan fingerprint density at radius 3 is 3.00 bits per heavy atom. The van der Waals surface area contributed by atoms with Crippen LogP contribution in [0.15, 0.2) is 18.5 Å². The van der Waals surface area contributed by atoms with Crippen LogP contribution in [0, 0.1) is 12.8 Å². The molecule has 0 radical (unpaired) electrons. The molecule has 0 spiro atoms. The molecule has 0 amide bonds. The van der Waals surface area contributed by atoms with Gasteiger partial charge in [-0.25, -0.2) is 0 Å². The van der Waals surface area contributed by atoms with Gasteiger partial charge in [0.05, 0.1) is 0 Å². The van der Waals surface area contributed by atoms with Gasteiger partial charge in [-0.05, 0) is 37.3 Å². The molecule has 1 fully saturated rings. The van der Waals surface area contributed by atoms with Crippen LogP contribution in [0.5, 0.6) is 0 Å². The van der Waals surface area contributed by atoms with Crippen LogP contribution < -0.4 is 11.1 Å². The molecule has 76 valence electrons. The number of nitrogens with zero attached hydrogens (tertiary/aromatic N) is 1. The first-order valence-corrected chi connectivity index (χ1v) is 5.18. The van der Waals surface area contributed by atoms with Crippen LogP contribution in [-0.2, 0) is 0 Å². The first-order chi connectivity index (χ1) is 6.81. The first kappa shape index (κ1) is 9.46. The van der Waals surface area contributed by atoms with Gasteiger partial charge in [0, 0.05) is 30.7 Å². The Morgan fingerprint density at radius 1 is 1.64 bits per heavy atom. The standard InChI is InChI=1S/C11H17N3/c1-8-7-13-5-4-10(8)14-11(6-12)9-2-3-9/h4-5,7,9,11H,2-3,6,12H2,1H3,(H,13,14). The van der Waals surface area contributed by atoms with E-state index in [2.05, 4.69) is 17.2 Å². The summed E-state index contributed by atoms with van der Waals surface area (Å²) in [6.45, 7) is 2.78. The van der Waals surface area contributed by atoms with Crippen molar-refractivity contribution < 1.29 is 0 Å². The van der Waals surface area contributed by atoms with Gasteiger partial charge in [-0.3, -0.25) is 4.98 Å². The van der Waals surface area contributed by atoms with E-state index >= 15 is 0 Å². The molecule has 14 heavy (non-hydrogen) atoms. The summed E-state index contributed by atoms with van der Waals surface area (Å²) in [5, 5.41) is 3.49. The van der Waals surface area contributed by atoms with E-state index in [0.29, 0.717) is 12.6 Å². The number of aromatic nitrogens is 1. The Hall–Kier alpha value is -1.09. The number of aryl methyl sites for hydroxylation is 1. The SMILES string of the molecule is Cc1cnccc1NC(CN)C1CC1. The highest BCUT2D eigenvalue weighted by Gasteiger charge is 2.30. The lowest BCUT2D eigenvalue weighted by Gasteiger charge is -2.18. The topological polar surface area (TPSA) is 50.9 Å². The summed E-state index contributed by atoms with van der Waals surface area (Å²) in [5.74, 6) is 0.785. The Morgan fingerprint density at radius 2 is 2.43 bits per heavy atom. The van der Waals surface area contributed by atoms with Crippen molar-refractivity contribution in [1.29, 1.82) is 0 Å². The Kier molecular flexibility index (Phi) is 2.68. The van der Waals surface area contributed by atoms with Gasteiger partial charge in [-0.15, -0.1) is 0 Å². The molecule has 1 unspecified atom stereocenters. The number of nitrogens with two attached hydrogens (primary N) is 1. The lowest BCUT2D eigenvalue weighted by molar-refractivity contribution is 0.644. The fourth-order valence-corrected chi connectivity index (χ4v) is 1.70. The second-order valence-corrected chi connectivity index (χ2v) is 4.01. The van der Waals surface area contributed by atoms with E-state index in [4.69, 9.17) is 5.73 Å². The average Bonchev–Trinajstić information content (AvgIpc) is 3.00. The van der Waals surface area contributed by atoms with Crippen molar-refractivity contribution >= 4 is 5.69 Å². The third kappa shape index (κ3) is 2.04. The molecule has 1 heterocycles. The van der Waals surface area contributed by atoms with Gasteiger partial charge < -0.3 is 11.1 Å². The Bertz CT molecular complexity index is 307. The predicted octanol–water partition coefficient (Wildman–Crippen LogP) is 1.54. The minimum absolute atomic E-state index is 0.441. The van der Waals surface area contributed by atoms with Crippen molar-refractivity contribution in [1.82, 2.24) is 4.98 Å². The molecule has 3 N–H and O–H groups in total. The molecule has 1 aliphatic rings. The van der Waals surface area contributed by atoms with Crippen LogP contribution in [0.3, 0.4) is 0 Å². The van der Waals surface area contributed by atoms with Gasteiger partial charge in [0.2, 0.25) is 0 Å². The van der Waals surface area contributed by atoms with Crippen LogP contribution in [0.25, 0.3) is 0 Å². The van der Waals surface area contributed by atoms with Crippen LogP contribution in [-0.4, -0.2) is 17.6 Å². The number of hydrogen-bond acceptors (Lipinski definition) is 3. The molecular weight excluding hydrogens is 174 g/mol. The van der Waals surface area contributed by atoms with E-state index < -0.39 is 0 Å². The van der Waals surface area contributed by atoms with Crippen LogP contribution in [0.4, 0.5) is 5.69 Å². The summed E-state index contributed by atoms with van der Waals surface area (Å²) in [6, 6.07) is 2.46. The largest absolute Gasteiger partial charge is 0.380 e. The summed E-state index contributed by atoms with van der Waals surface area (Å²) < 4.78 is 0. The van der Waals surface area contributed by atoms with E-state index in [1.54, 1.807) is 0 Å². The number of pyridine rings is 1. The normalized spacial score (nSPS) is 17.9. The van der Waals surface area contributed by atoms with Gasteiger partial charge in [0.1, 0.15) is 0 Å². The maximum Gasteiger partial charge on any atom is 0.0412 e. The fourth-order valence-electron chi connectivity index (χ4n) is 1.70. The molecule has 1 aliphatic carbocycles. The molecule has 1 aromatic rings. The van der Waals surface area contributed by atoms with Crippen molar-refractivity contribution in [3.63, 3.8) is 0 Å². The zero-order chi connectivity index (χ0) is 9.97.